The lowest BCUT2D eigenvalue weighted by molar-refractivity contribution is -0.213. The van der Waals surface area contributed by atoms with Crippen LogP contribution >= 0.6 is 0 Å². The maximum absolute atomic E-state index is 14.1. The van der Waals surface area contributed by atoms with Crippen molar-refractivity contribution < 1.29 is 37.2 Å². The van der Waals surface area contributed by atoms with Crippen molar-refractivity contribution in [2.75, 3.05) is 0 Å². The Hall–Kier alpha value is -3.56. The largest absolute Gasteiger partial charge is 0.378 e. The quantitative estimate of drug-likeness (QED) is 0.246. The Balaban J connectivity index is 1.60. The van der Waals surface area contributed by atoms with Gasteiger partial charge in [-0.1, -0.05) is 55.0 Å². The van der Waals surface area contributed by atoms with E-state index >= 15 is 0 Å². The molecule has 1 saturated carbocycles. The van der Waals surface area contributed by atoms with Crippen LogP contribution in [0.15, 0.2) is 97.1 Å². The van der Waals surface area contributed by atoms with Gasteiger partial charge < -0.3 is 19.7 Å². The summed E-state index contributed by atoms with van der Waals surface area (Å²) >= 11 is 0. The van der Waals surface area contributed by atoms with Crippen LogP contribution in [0.25, 0.3) is 0 Å². The summed E-state index contributed by atoms with van der Waals surface area (Å²) in [5.74, 6) is -3.30. The maximum atomic E-state index is 14.1. The molecule has 42 heavy (non-hydrogen) atoms. The second-order valence-corrected chi connectivity index (χ2v) is 11.1. The van der Waals surface area contributed by atoms with E-state index < -0.39 is 52.5 Å². The molecule has 4 nitrogen and oxygen atoms in total. The van der Waals surface area contributed by atoms with Crippen LogP contribution in [0.3, 0.4) is 0 Å². The van der Waals surface area contributed by atoms with Crippen LogP contribution < -0.4 is 0 Å². The minimum Gasteiger partial charge on any atom is -0.378 e. The van der Waals surface area contributed by atoms with Gasteiger partial charge in [0.1, 0.15) is 46.7 Å². The number of ether oxygens (including phenoxy) is 2. The van der Waals surface area contributed by atoms with Crippen molar-refractivity contribution in [3.8, 4) is 0 Å². The highest BCUT2D eigenvalue weighted by atomic mass is 19.1. The van der Waals surface area contributed by atoms with E-state index in [1.165, 1.54) is 97.1 Å². The van der Waals surface area contributed by atoms with Gasteiger partial charge in [-0.15, -0.1) is 0 Å². The summed E-state index contributed by atoms with van der Waals surface area (Å²) in [6, 6.07) is 20.8. The van der Waals surface area contributed by atoms with Crippen LogP contribution in [0.4, 0.5) is 17.6 Å². The predicted molar refractivity (Wildman–Crippen MR) is 147 cm³/mol. The standard InChI is InChI=1S/C34H30F4O4/c35-26-12-4-22(5-13-26)33(39,23-6-14-27(36)15-7-23)30-31(42-32(41-30)20-2-1-3-21-32)34(40,24-8-16-28(37)17-9-24)25-10-18-29(38)19-11-25/h4-19,30-31,39-40H,1-3,20-21H2/t30-,31-/m0/s1. The topological polar surface area (TPSA) is 58.9 Å². The fraction of sp³-hybridized carbons (Fsp3) is 0.294. The number of halogens is 4. The van der Waals surface area contributed by atoms with Gasteiger partial charge >= 0.3 is 0 Å². The molecule has 1 aliphatic heterocycles. The molecule has 4 aromatic rings. The summed E-state index contributed by atoms with van der Waals surface area (Å²) in [7, 11) is 0. The predicted octanol–water partition coefficient (Wildman–Crippen LogP) is 6.86. The Morgan fingerprint density at radius 2 is 0.738 bits per heavy atom. The average Bonchev–Trinajstić information content (AvgIpc) is 3.37. The Kier molecular flexibility index (Phi) is 7.43. The van der Waals surface area contributed by atoms with E-state index in [4.69, 9.17) is 9.47 Å². The molecular weight excluding hydrogens is 548 g/mol. The highest BCUT2D eigenvalue weighted by Crippen LogP contribution is 2.53. The van der Waals surface area contributed by atoms with Crippen LogP contribution in [0, 0.1) is 23.3 Å². The van der Waals surface area contributed by atoms with Crippen molar-refractivity contribution >= 4 is 0 Å². The lowest BCUT2D eigenvalue weighted by Gasteiger charge is -2.42. The molecule has 2 aliphatic rings. The van der Waals surface area contributed by atoms with Gasteiger partial charge in [0.05, 0.1) is 0 Å². The summed E-state index contributed by atoms with van der Waals surface area (Å²) in [6.45, 7) is 0. The fourth-order valence-electron chi connectivity index (χ4n) is 6.36. The van der Waals surface area contributed by atoms with Crippen molar-refractivity contribution in [2.24, 2.45) is 0 Å². The maximum Gasteiger partial charge on any atom is 0.169 e. The van der Waals surface area contributed by atoms with E-state index in [0.717, 1.165) is 19.3 Å². The first-order valence-electron chi connectivity index (χ1n) is 14.0. The molecule has 0 amide bonds. The second-order valence-electron chi connectivity index (χ2n) is 11.1. The third-order valence-electron chi connectivity index (χ3n) is 8.53. The molecular formula is C34H30F4O4. The van der Waals surface area contributed by atoms with E-state index in [0.29, 0.717) is 12.8 Å². The van der Waals surface area contributed by atoms with Crippen LogP contribution in [0.1, 0.15) is 54.4 Å². The van der Waals surface area contributed by atoms with Crippen molar-refractivity contribution in [3.05, 3.63) is 143 Å². The first-order chi connectivity index (χ1) is 20.1. The first kappa shape index (κ1) is 28.6. The molecule has 8 heteroatoms. The molecule has 2 N–H and O–H groups in total. The summed E-state index contributed by atoms with van der Waals surface area (Å²) in [4.78, 5) is 0. The smallest absolute Gasteiger partial charge is 0.169 e. The van der Waals surface area contributed by atoms with Gasteiger partial charge in [-0.2, -0.15) is 0 Å². The van der Waals surface area contributed by atoms with E-state index in [9.17, 15) is 27.8 Å². The molecule has 0 radical (unpaired) electrons. The SMILES string of the molecule is OC(c1ccc(F)cc1)(c1ccc(F)cc1)[C@H]1OC2(CCCCC2)O[C@@H]1C(O)(c1ccc(F)cc1)c1ccc(F)cc1. The highest BCUT2D eigenvalue weighted by molar-refractivity contribution is 5.44. The highest BCUT2D eigenvalue weighted by Gasteiger charge is 2.63. The van der Waals surface area contributed by atoms with Gasteiger partial charge in [-0.3, -0.25) is 0 Å². The number of hydrogen-bond acceptors (Lipinski definition) is 4. The van der Waals surface area contributed by atoms with Gasteiger partial charge in [0.2, 0.25) is 0 Å². The van der Waals surface area contributed by atoms with Crippen LogP contribution in [-0.4, -0.2) is 28.2 Å². The molecule has 1 heterocycles. The minimum absolute atomic E-state index is 0.225. The summed E-state index contributed by atoms with van der Waals surface area (Å²) in [5, 5.41) is 25.6. The molecule has 0 bridgehead atoms. The van der Waals surface area contributed by atoms with Crippen LogP contribution in [0.2, 0.25) is 0 Å². The summed E-state index contributed by atoms with van der Waals surface area (Å²) < 4.78 is 69.7. The fourth-order valence-corrected chi connectivity index (χ4v) is 6.36. The monoisotopic (exact) mass is 578 g/mol. The Labute approximate surface area is 241 Å². The molecule has 0 unspecified atom stereocenters. The number of rotatable bonds is 6. The summed E-state index contributed by atoms with van der Waals surface area (Å²) in [5.41, 5.74) is -3.27. The number of aliphatic hydroxyl groups is 2. The third-order valence-corrected chi connectivity index (χ3v) is 8.53. The molecule has 6 rings (SSSR count). The molecule has 0 aromatic heterocycles. The van der Waals surface area contributed by atoms with E-state index in [1.807, 2.05) is 0 Å². The van der Waals surface area contributed by atoms with Gasteiger partial charge in [0.25, 0.3) is 0 Å². The van der Waals surface area contributed by atoms with Gasteiger partial charge in [-0.05, 0) is 83.6 Å². The van der Waals surface area contributed by atoms with E-state index in [1.54, 1.807) is 0 Å². The van der Waals surface area contributed by atoms with Gasteiger partial charge in [0.15, 0.2) is 5.79 Å². The first-order valence-corrected chi connectivity index (χ1v) is 14.0. The normalized spacial score (nSPS) is 20.6. The van der Waals surface area contributed by atoms with Crippen molar-refractivity contribution in [3.63, 3.8) is 0 Å². The lowest BCUT2D eigenvalue weighted by Crippen LogP contribution is -2.55. The molecule has 4 aromatic carbocycles. The minimum atomic E-state index is -2.08. The van der Waals surface area contributed by atoms with Gasteiger partial charge in [-0.25, -0.2) is 17.6 Å². The molecule has 2 atom stereocenters. The van der Waals surface area contributed by atoms with Gasteiger partial charge in [0, 0.05) is 12.8 Å². The van der Waals surface area contributed by atoms with Crippen molar-refractivity contribution in [1.29, 1.82) is 0 Å². The summed E-state index contributed by atoms with van der Waals surface area (Å²) in [6.07, 6.45) is 0.771. The molecule has 2 fully saturated rings. The van der Waals surface area contributed by atoms with E-state index in [2.05, 4.69) is 0 Å². The Bertz CT molecular complexity index is 1310. The molecule has 1 spiro atoms. The zero-order valence-corrected chi connectivity index (χ0v) is 22.7. The Morgan fingerprint density at radius 1 is 0.476 bits per heavy atom. The second kappa shape index (κ2) is 10.9. The molecule has 218 valence electrons. The number of benzene rings is 4. The molecule has 1 aliphatic carbocycles. The number of hydrogen-bond donors (Lipinski definition) is 2. The lowest BCUT2D eigenvalue weighted by atomic mass is 9.72. The molecule has 1 saturated heterocycles. The average molecular weight is 579 g/mol. The zero-order valence-electron chi connectivity index (χ0n) is 22.7. The third kappa shape index (κ3) is 4.92. The van der Waals surface area contributed by atoms with Crippen molar-refractivity contribution in [1.82, 2.24) is 0 Å². The van der Waals surface area contributed by atoms with Crippen molar-refractivity contribution in [2.45, 2.75) is 61.3 Å². The van der Waals surface area contributed by atoms with E-state index in [-0.39, 0.29) is 22.3 Å². The van der Waals surface area contributed by atoms with Crippen LogP contribution in [0.5, 0.6) is 0 Å². The van der Waals surface area contributed by atoms with Crippen LogP contribution in [-0.2, 0) is 20.7 Å². The Morgan fingerprint density at radius 3 is 1.00 bits per heavy atom. The zero-order chi connectivity index (χ0) is 29.5.